The minimum atomic E-state index is -1.23. The Morgan fingerprint density at radius 2 is 1.87 bits per heavy atom. The van der Waals surface area contributed by atoms with E-state index in [9.17, 15) is 0 Å². The molecule has 82 valence electrons. The third-order valence-corrected chi connectivity index (χ3v) is 3.29. The summed E-state index contributed by atoms with van der Waals surface area (Å²) in [6.45, 7) is 7.59. The predicted molar refractivity (Wildman–Crippen MR) is 67.0 cm³/mol. The zero-order valence-corrected chi connectivity index (χ0v) is 11.2. The molecule has 0 bridgehead atoms. The van der Waals surface area contributed by atoms with E-state index in [2.05, 4.69) is 42.9 Å². The summed E-state index contributed by atoms with van der Waals surface area (Å²) in [4.78, 5) is 0. The molecule has 0 aliphatic heterocycles. The van der Waals surface area contributed by atoms with Crippen molar-refractivity contribution in [2.45, 2.75) is 32.5 Å². The molecule has 1 fully saturated rings. The maximum Gasteiger partial charge on any atom is 0.130 e. The molecule has 0 radical (unpaired) electrons. The lowest BCUT2D eigenvalue weighted by atomic mass is 9.76. The van der Waals surface area contributed by atoms with Gasteiger partial charge in [0.1, 0.15) is 8.07 Å². The van der Waals surface area contributed by atoms with E-state index in [-0.39, 0.29) is 0 Å². The number of ether oxygens (including phenoxy) is 1. The summed E-state index contributed by atoms with van der Waals surface area (Å²) in [5.41, 5.74) is 3.25. The number of hydrogen-bond acceptors (Lipinski definition) is 1. The van der Waals surface area contributed by atoms with Crippen molar-refractivity contribution in [3.05, 3.63) is 0 Å². The maximum absolute atomic E-state index is 5.09. The van der Waals surface area contributed by atoms with Gasteiger partial charge in [-0.3, -0.25) is 0 Å². The van der Waals surface area contributed by atoms with Crippen LogP contribution in [-0.4, -0.2) is 21.8 Å². The van der Waals surface area contributed by atoms with Crippen molar-refractivity contribution in [1.29, 1.82) is 0 Å². The van der Waals surface area contributed by atoms with Gasteiger partial charge < -0.3 is 4.74 Å². The zero-order chi connectivity index (χ0) is 11.3. The number of methoxy groups -OCH3 is 1. The molecule has 1 nitrogen and oxygen atoms in total. The largest absolute Gasteiger partial charge is 0.384 e. The van der Waals surface area contributed by atoms with Crippen molar-refractivity contribution in [2.24, 2.45) is 11.8 Å². The fourth-order valence-corrected chi connectivity index (χ4v) is 2.02. The minimum Gasteiger partial charge on any atom is -0.384 e. The second-order valence-corrected chi connectivity index (χ2v) is 10.0. The van der Waals surface area contributed by atoms with Crippen LogP contribution in [0, 0.1) is 35.1 Å². The van der Waals surface area contributed by atoms with Crippen molar-refractivity contribution in [3.8, 4) is 23.3 Å². The van der Waals surface area contributed by atoms with Gasteiger partial charge in [-0.1, -0.05) is 25.6 Å². The lowest BCUT2D eigenvalue weighted by Gasteiger charge is -2.30. The summed E-state index contributed by atoms with van der Waals surface area (Å²) >= 11 is 0. The molecule has 0 aromatic carbocycles. The molecule has 2 heteroatoms. The smallest absolute Gasteiger partial charge is 0.130 e. The van der Waals surface area contributed by atoms with E-state index in [1.807, 2.05) is 0 Å². The van der Waals surface area contributed by atoms with Crippen LogP contribution in [0.4, 0.5) is 0 Å². The van der Waals surface area contributed by atoms with E-state index < -0.39 is 8.07 Å². The first kappa shape index (κ1) is 12.4. The molecule has 0 aromatic heterocycles. The van der Waals surface area contributed by atoms with Gasteiger partial charge in [0, 0.05) is 19.6 Å². The number of hydrogen-bond donors (Lipinski definition) is 0. The van der Waals surface area contributed by atoms with Gasteiger partial charge in [-0.2, -0.15) is 0 Å². The standard InChI is InChI=1S/C13H20OSi/c1-14-11-13-9-12(10-13)7-5-6-8-15(2,3)4/h12-13H,9-11H2,1-4H3. The summed E-state index contributed by atoms with van der Waals surface area (Å²) in [7, 11) is 0.531. The van der Waals surface area contributed by atoms with Crippen LogP contribution in [0.5, 0.6) is 0 Å². The van der Waals surface area contributed by atoms with Gasteiger partial charge in [0.25, 0.3) is 0 Å². The highest BCUT2D eigenvalue weighted by Gasteiger charge is 2.27. The third kappa shape index (κ3) is 5.07. The van der Waals surface area contributed by atoms with Gasteiger partial charge in [0.15, 0.2) is 0 Å². The first-order chi connectivity index (χ1) is 7.01. The van der Waals surface area contributed by atoms with Crippen LogP contribution in [0.2, 0.25) is 19.6 Å². The summed E-state index contributed by atoms with van der Waals surface area (Å²) in [6.07, 6.45) is 2.38. The molecule has 1 rings (SSSR count). The van der Waals surface area contributed by atoms with Gasteiger partial charge >= 0.3 is 0 Å². The molecule has 0 spiro atoms. The Kier molecular flexibility index (Phi) is 4.45. The van der Waals surface area contributed by atoms with Crippen LogP contribution in [0.15, 0.2) is 0 Å². The quantitative estimate of drug-likeness (QED) is 0.513. The van der Waals surface area contributed by atoms with Crippen LogP contribution < -0.4 is 0 Å². The van der Waals surface area contributed by atoms with Gasteiger partial charge in [-0.25, -0.2) is 0 Å². The molecule has 0 amide bonds. The van der Waals surface area contributed by atoms with Gasteiger partial charge in [-0.05, 0) is 30.6 Å². The average molecular weight is 220 g/mol. The monoisotopic (exact) mass is 220 g/mol. The first-order valence-electron chi connectivity index (χ1n) is 5.53. The second-order valence-electron chi connectivity index (χ2n) is 5.26. The van der Waals surface area contributed by atoms with E-state index in [1.165, 1.54) is 12.8 Å². The van der Waals surface area contributed by atoms with Crippen LogP contribution in [0.1, 0.15) is 12.8 Å². The minimum absolute atomic E-state index is 0.570. The predicted octanol–water partition coefficient (Wildman–Crippen LogP) is 2.54. The Morgan fingerprint density at radius 3 is 2.40 bits per heavy atom. The van der Waals surface area contributed by atoms with Crippen LogP contribution in [-0.2, 0) is 4.74 Å². The van der Waals surface area contributed by atoms with Crippen molar-refractivity contribution >= 4 is 8.07 Å². The molecule has 0 atom stereocenters. The van der Waals surface area contributed by atoms with Crippen LogP contribution in [0.3, 0.4) is 0 Å². The Labute approximate surface area is 94.6 Å². The van der Waals surface area contributed by atoms with Crippen molar-refractivity contribution < 1.29 is 4.74 Å². The highest BCUT2D eigenvalue weighted by atomic mass is 28.3. The Morgan fingerprint density at radius 1 is 1.20 bits per heavy atom. The van der Waals surface area contributed by atoms with E-state index >= 15 is 0 Å². The topological polar surface area (TPSA) is 9.23 Å². The van der Waals surface area contributed by atoms with Gasteiger partial charge in [0.2, 0.25) is 0 Å². The SMILES string of the molecule is COCC1CC(C#CC#C[Si](C)(C)C)C1. The molecule has 1 saturated carbocycles. The lowest BCUT2D eigenvalue weighted by Crippen LogP contribution is -2.25. The third-order valence-electron chi connectivity index (χ3n) is 2.41. The van der Waals surface area contributed by atoms with Gasteiger partial charge in [0.05, 0.1) is 0 Å². The number of rotatable bonds is 2. The first-order valence-corrected chi connectivity index (χ1v) is 9.03. The molecule has 15 heavy (non-hydrogen) atoms. The molecular weight excluding hydrogens is 200 g/mol. The average Bonchev–Trinajstić information content (AvgIpc) is 2.05. The highest BCUT2D eigenvalue weighted by Crippen LogP contribution is 2.32. The fourth-order valence-electron chi connectivity index (χ4n) is 1.58. The fraction of sp³-hybridized carbons (Fsp3) is 0.692. The molecule has 0 aromatic rings. The molecule has 1 aliphatic rings. The summed E-state index contributed by atoms with van der Waals surface area (Å²) in [6, 6.07) is 0. The maximum atomic E-state index is 5.09. The summed E-state index contributed by atoms with van der Waals surface area (Å²) in [5.74, 6) is 10.5. The highest BCUT2D eigenvalue weighted by molar-refractivity contribution is 6.83. The molecule has 1 aliphatic carbocycles. The Balaban J connectivity index is 2.27. The van der Waals surface area contributed by atoms with E-state index in [1.54, 1.807) is 7.11 Å². The molecule has 0 heterocycles. The Bertz CT molecular complexity index is 312. The van der Waals surface area contributed by atoms with Crippen molar-refractivity contribution in [3.63, 3.8) is 0 Å². The van der Waals surface area contributed by atoms with Crippen molar-refractivity contribution in [1.82, 2.24) is 0 Å². The van der Waals surface area contributed by atoms with Crippen LogP contribution >= 0.6 is 0 Å². The molecule has 0 N–H and O–H groups in total. The molecule has 0 saturated heterocycles. The van der Waals surface area contributed by atoms with E-state index in [4.69, 9.17) is 4.74 Å². The second kappa shape index (κ2) is 5.40. The van der Waals surface area contributed by atoms with Crippen LogP contribution in [0.25, 0.3) is 0 Å². The summed E-state index contributed by atoms with van der Waals surface area (Å²) < 4.78 is 5.09. The van der Waals surface area contributed by atoms with Gasteiger partial charge in [-0.15, -0.1) is 5.54 Å². The van der Waals surface area contributed by atoms with Crippen molar-refractivity contribution in [2.75, 3.05) is 13.7 Å². The lowest BCUT2D eigenvalue weighted by molar-refractivity contribution is 0.0923. The molecular formula is C13H20OSi. The zero-order valence-electron chi connectivity index (χ0n) is 10.2. The normalized spacial score (nSPS) is 24.3. The Hall–Kier alpha value is -0.703. The van der Waals surface area contributed by atoms with E-state index in [0.717, 1.165) is 12.5 Å². The molecule has 0 unspecified atom stereocenters. The summed E-state index contributed by atoms with van der Waals surface area (Å²) in [5, 5.41) is 0. The van der Waals surface area contributed by atoms with E-state index in [0.29, 0.717) is 5.92 Å².